The summed E-state index contributed by atoms with van der Waals surface area (Å²) in [7, 11) is 1.59. The third kappa shape index (κ3) is 1.33. The van der Waals surface area contributed by atoms with Crippen LogP contribution in [0.5, 0.6) is 5.75 Å². The quantitative estimate of drug-likeness (QED) is 0.607. The molecule has 14 heavy (non-hydrogen) atoms. The number of nitrogens with two attached hydrogens (primary N) is 1. The van der Waals surface area contributed by atoms with Gasteiger partial charge >= 0.3 is 0 Å². The van der Waals surface area contributed by atoms with E-state index >= 15 is 0 Å². The summed E-state index contributed by atoms with van der Waals surface area (Å²) in [6.45, 7) is 0. The van der Waals surface area contributed by atoms with E-state index in [4.69, 9.17) is 10.5 Å². The highest BCUT2D eigenvalue weighted by Crippen LogP contribution is 2.33. The number of nitrogen functional groups attached to an aromatic ring is 1. The lowest BCUT2D eigenvalue weighted by Gasteiger charge is -2.01. The summed E-state index contributed by atoms with van der Waals surface area (Å²) in [4.78, 5) is 11.3. The number of rotatable bonds is 2. The zero-order chi connectivity index (χ0) is 10.1. The number of hydrogen-bond donors (Lipinski definition) is 1. The second kappa shape index (κ2) is 3.31. The molecule has 1 aromatic heterocycles. The number of benzene rings is 1. The van der Waals surface area contributed by atoms with Gasteiger partial charge in [0.2, 0.25) is 0 Å². The summed E-state index contributed by atoms with van der Waals surface area (Å²) in [5, 5.41) is 0.915. The Morgan fingerprint density at radius 1 is 1.43 bits per heavy atom. The molecule has 0 radical (unpaired) electrons. The molecule has 0 unspecified atom stereocenters. The lowest BCUT2D eigenvalue weighted by molar-refractivity contribution is 0.112. The van der Waals surface area contributed by atoms with Gasteiger partial charge in [-0.15, -0.1) is 11.3 Å². The van der Waals surface area contributed by atoms with Gasteiger partial charge in [0.25, 0.3) is 0 Å². The largest absolute Gasteiger partial charge is 0.497 e. The van der Waals surface area contributed by atoms with E-state index in [1.807, 2.05) is 6.07 Å². The van der Waals surface area contributed by atoms with Crippen molar-refractivity contribution in [2.45, 2.75) is 0 Å². The van der Waals surface area contributed by atoms with E-state index in [0.717, 1.165) is 16.4 Å². The Morgan fingerprint density at radius 3 is 2.86 bits per heavy atom. The molecular formula is C10H9NO2S. The van der Waals surface area contributed by atoms with E-state index in [1.54, 1.807) is 19.2 Å². The van der Waals surface area contributed by atoms with E-state index in [0.29, 0.717) is 16.3 Å². The van der Waals surface area contributed by atoms with Gasteiger partial charge in [-0.1, -0.05) is 0 Å². The maximum atomic E-state index is 10.6. The normalized spacial score (nSPS) is 10.4. The Balaban J connectivity index is 2.73. The molecule has 0 atom stereocenters. The van der Waals surface area contributed by atoms with Gasteiger partial charge in [0, 0.05) is 21.8 Å². The van der Waals surface area contributed by atoms with Crippen molar-refractivity contribution < 1.29 is 9.53 Å². The Kier molecular flexibility index (Phi) is 2.13. The van der Waals surface area contributed by atoms with Crippen LogP contribution in [0.3, 0.4) is 0 Å². The molecule has 0 saturated carbocycles. The Bertz CT molecular complexity index is 490. The predicted molar refractivity (Wildman–Crippen MR) is 58.2 cm³/mol. The molecule has 0 fully saturated rings. The number of carbonyl (C=O) groups excluding carboxylic acids is 1. The summed E-state index contributed by atoms with van der Waals surface area (Å²) < 4.78 is 6.06. The SMILES string of the molecule is COc1cc(N)c2cc(C=O)sc2c1. The highest BCUT2D eigenvalue weighted by atomic mass is 32.1. The van der Waals surface area contributed by atoms with Crippen LogP contribution < -0.4 is 10.5 Å². The first kappa shape index (κ1) is 9.02. The maximum Gasteiger partial charge on any atom is 0.160 e. The first-order valence-electron chi connectivity index (χ1n) is 4.07. The summed E-state index contributed by atoms with van der Waals surface area (Å²) in [6, 6.07) is 5.43. The van der Waals surface area contributed by atoms with Gasteiger partial charge in [-0.2, -0.15) is 0 Å². The first-order valence-corrected chi connectivity index (χ1v) is 4.88. The van der Waals surface area contributed by atoms with E-state index in [-0.39, 0.29) is 0 Å². The average Bonchev–Trinajstić information content (AvgIpc) is 2.61. The fourth-order valence-corrected chi connectivity index (χ4v) is 2.28. The van der Waals surface area contributed by atoms with Crippen molar-refractivity contribution in [2.75, 3.05) is 12.8 Å². The number of carbonyl (C=O) groups is 1. The van der Waals surface area contributed by atoms with Crippen LogP contribution in [0.2, 0.25) is 0 Å². The van der Waals surface area contributed by atoms with Gasteiger partial charge in [0.15, 0.2) is 6.29 Å². The first-order chi connectivity index (χ1) is 6.74. The number of fused-ring (bicyclic) bond motifs is 1. The summed E-state index contributed by atoms with van der Waals surface area (Å²) in [6.07, 6.45) is 0.830. The van der Waals surface area contributed by atoms with Gasteiger partial charge in [-0.25, -0.2) is 0 Å². The topological polar surface area (TPSA) is 52.3 Å². The van der Waals surface area contributed by atoms with Crippen LogP contribution in [-0.2, 0) is 0 Å². The van der Waals surface area contributed by atoms with Gasteiger partial charge < -0.3 is 10.5 Å². The van der Waals surface area contributed by atoms with Crippen molar-refractivity contribution in [3.05, 3.63) is 23.1 Å². The molecule has 0 aliphatic carbocycles. The van der Waals surface area contributed by atoms with E-state index in [1.165, 1.54) is 11.3 Å². The van der Waals surface area contributed by atoms with Crippen molar-refractivity contribution >= 4 is 33.4 Å². The molecule has 4 heteroatoms. The molecule has 2 N–H and O–H groups in total. The summed E-state index contributed by atoms with van der Waals surface area (Å²) in [5.41, 5.74) is 6.45. The van der Waals surface area contributed by atoms with Gasteiger partial charge in [0.1, 0.15) is 5.75 Å². The Hall–Kier alpha value is -1.55. The predicted octanol–water partition coefficient (Wildman–Crippen LogP) is 2.30. The van der Waals surface area contributed by atoms with Crippen molar-refractivity contribution in [3.63, 3.8) is 0 Å². The molecule has 1 aromatic carbocycles. The molecule has 72 valence electrons. The molecule has 0 bridgehead atoms. The standard InChI is InChI=1S/C10H9NO2S/c1-13-6-2-9(11)8-4-7(5-12)14-10(8)3-6/h2-5H,11H2,1H3. The molecule has 2 aromatic rings. The zero-order valence-corrected chi connectivity index (χ0v) is 8.43. The monoisotopic (exact) mass is 207 g/mol. The molecule has 0 amide bonds. The second-order valence-electron chi connectivity index (χ2n) is 2.90. The van der Waals surface area contributed by atoms with Crippen LogP contribution in [0.4, 0.5) is 5.69 Å². The lowest BCUT2D eigenvalue weighted by atomic mass is 10.2. The minimum atomic E-state index is 0.642. The molecule has 0 spiro atoms. The lowest BCUT2D eigenvalue weighted by Crippen LogP contribution is -1.88. The smallest absolute Gasteiger partial charge is 0.160 e. The minimum Gasteiger partial charge on any atom is -0.497 e. The van der Waals surface area contributed by atoms with E-state index in [9.17, 15) is 4.79 Å². The molecular weight excluding hydrogens is 198 g/mol. The van der Waals surface area contributed by atoms with E-state index < -0.39 is 0 Å². The molecule has 3 nitrogen and oxygen atoms in total. The van der Waals surface area contributed by atoms with Crippen LogP contribution in [0.25, 0.3) is 10.1 Å². The number of aldehydes is 1. The fraction of sp³-hybridized carbons (Fsp3) is 0.100. The Labute approximate surface area is 85.1 Å². The van der Waals surface area contributed by atoms with Gasteiger partial charge in [-0.3, -0.25) is 4.79 Å². The minimum absolute atomic E-state index is 0.642. The fourth-order valence-electron chi connectivity index (χ4n) is 1.34. The van der Waals surface area contributed by atoms with Crippen LogP contribution in [-0.4, -0.2) is 13.4 Å². The third-order valence-electron chi connectivity index (χ3n) is 2.01. The van der Waals surface area contributed by atoms with Crippen molar-refractivity contribution in [1.29, 1.82) is 0 Å². The number of thiophene rings is 1. The van der Waals surface area contributed by atoms with Gasteiger partial charge in [0.05, 0.1) is 12.0 Å². The summed E-state index contributed by atoms with van der Waals surface area (Å²) >= 11 is 1.41. The summed E-state index contributed by atoms with van der Waals surface area (Å²) in [5.74, 6) is 0.717. The van der Waals surface area contributed by atoms with Crippen LogP contribution in [0.1, 0.15) is 9.67 Å². The number of anilines is 1. The number of ether oxygens (including phenoxy) is 1. The van der Waals surface area contributed by atoms with Crippen molar-refractivity contribution in [2.24, 2.45) is 0 Å². The van der Waals surface area contributed by atoms with E-state index in [2.05, 4.69) is 0 Å². The van der Waals surface area contributed by atoms with Crippen LogP contribution in [0.15, 0.2) is 18.2 Å². The highest BCUT2D eigenvalue weighted by molar-refractivity contribution is 7.20. The average molecular weight is 207 g/mol. The molecule has 2 rings (SSSR count). The third-order valence-corrected chi connectivity index (χ3v) is 3.02. The maximum absolute atomic E-state index is 10.6. The molecule has 0 saturated heterocycles. The Morgan fingerprint density at radius 2 is 2.21 bits per heavy atom. The van der Waals surface area contributed by atoms with Gasteiger partial charge in [-0.05, 0) is 12.1 Å². The zero-order valence-electron chi connectivity index (χ0n) is 7.61. The molecule has 1 heterocycles. The van der Waals surface area contributed by atoms with Crippen molar-refractivity contribution in [3.8, 4) is 5.75 Å². The van der Waals surface area contributed by atoms with Crippen LogP contribution >= 0.6 is 11.3 Å². The molecule has 0 aliphatic heterocycles. The highest BCUT2D eigenvalue weighted by Gasteiger charge is 2.06. The second-order valence-corrected chi connectivity index (χ2v) is 4.01. The van der Waals surface area contributed by atoms with Crippen LogP contribution in [0, 0.1) is 0 Å². The van der Waals surface area contributed by atoms with Crippen molar-refractivity contribution in [1.82, 2.24) is 0 Å². The number of hydrogen-bond acceptors (Lipinski definition) is 4. The molecule has 0 aliphatic rings. The number of methoxy groups -OCH3 is 1.